The molecule has 2 aliphatic rings. The van der Waals surface area contributed by atoms with Crippen LogP contribution in [0, 0.1) is 11.8 Å². The molecule has 3 unspecified atom stereocenters. The molecule has 2 heteroatoms. The van der Waals surface area contributed by atoms with Crippen molar-refractivity contribution in [2.24, 2.45) is 11.8 Å². The molecule has 0 radical (unpaired) electrons. The monoisotopic (exact) mass is 238 g/mol. The third-order valence-corrected chi connectivity index (χ3v) is 4.73. The summed E-state index contributed by atoms with van der Waals surface area (Å²) in [6.45, 7) is 10.9. The van der Waals surface area contributed by atoms with E-state index in [0.717, 1.165) is 23.9 Å². The number of nitrogens with zero attached hydrogens (tertiary/aromatic N) is 1. The average molecular weight is 238 g/mol. The predicted molar refractivity (Wildman–Crippen MR) is 74.2 cm³/mol. The Hall–Kier alpha value is -0.0800. The van der Waals surface area contributed by atoms with Gasteiger partial charge in [0, 0.05) is 18.6 Å². The predicted octanol–water partition coefficient (Wildman–Crippen LogP) is 2.89. The molecule has 1 heterocycles. The number of piperidine rings is 1. The molecule has 1 aliphatic carbocycles. The van der Waals surface area contributed by atoms with Crippen LogP contribution in [0.3, 0.4) is 0 Å². The fourth-order valence-corrected chi connectivity index (χ4v) is 4.11. The van der Waals surface area contributed by atoms with Crippen LogP contribution in [0.5, 0.6) is 0 Å². The molecule has 2 rings (SSSR count). The van der Waals surface area contributed by atoms with E-state index in [1.54, 1.807) is 0 Å². The first kappa shape index (κ1) is 13.4. The van der Waals surface area contributed by atoms with E-state index < -0.39 is 0 Å². The summed E-state index contributed by atoms with van der Waals surface area (Å²) in [5.74, 6) is 1.85. The van der Waals surface area contributed by atoms with Crippen molar-refractivity contribution in [3.05, 3.63) is 0 Å². The number of hydrogen-bond donors (Lipinski definition) is 1. The first-order valence-electron chi connectivity index (χ1n) is 7.67. The van der Waals surface area contributed by atoms with E-state index in [0.29, 0.717) is 0 Å². The van der Waals surface area contributed by atoms with E-state index in [1.165, 1.54) is 51.7 Å². The van der Waals surface area contributed by atoms with Crippen molar-refractivity contribution in [1.82, 2.24) is 10.2 Å². The molecular weight excluding hydrogens is 208 g/mol. The van der Waals surface area contributed by atoms with Crippen LogP contribution in [0.1, 0.15) is 52.9 Å². The van der Waals surface area contributed by atoms with Gasteiger partial charge >= 0.3 is 0 Å². The van der Waals surface area contributed by atoms with E-state index in [9.17, 15) is 0 Å². The van der Waals surface area contributed by atoms with Crippen LogP contribution in [-0.4, -0.2) is 36.6 Å². The van der Waals surface area contributed by atoms with Gasteiger partial charge in [0.2, 0.25) is 0 Å². The summed E-state index contributed by atoms with van der Waals surface area (Å²) in [5.41, 5.74) is 0. The van der Waals surface area contributed by atoms with Gasteiger partial charge in [-0.25, -0.2) is 0 Å². The maximum Gasteiger partial charge on any atom is 0.0223 e. The first-order valence-corrected chi connectivity index (χ1v) is 7.67. The molecule has 100 valence electrons. The zero-order chi connectivity index (χ0) is 12.3. The molecule has 3 atom stereocenters. The van der Waals surface area contributed by atoms with Gasteiger partial charge in [0.25, 0.3) is 0 Å². The highest BCUT2D eigenvalue weighted by Crippen LogP contribution is 2.33. The lowest BCUT2D eigenvalue weighted by Gasteiger charge is -2.44. The number of nitrogens with one attached hydrogen (secondary N) is 1. The van der Waals surface area contributed by atoms with Crippen LogP contribution in [0.2, 0.25) is 0 Å². The van der Waals surface area contributed by atoms with Gasteiger partial charge in [0.15, 0.2) is 0 Å². The van der Waals surface area contributed by atoms with Gasteiger partial charge in [-0.1, -0.05) is 20.8 Å². The molecule has 0 aromatic heterocycles. The van der Waals surface area contributed by atoms with Crippen LogP contribution in [0.4, 0.5) is 0 Å². The minimum Gasteiger partial charge on any atom is -0.315 e. The Morgan fingerprint density at radius 2 is 1.76 bits per heavy atom. The van der Waals surface area contributed by atoms with Gasteiger partial charge in [-0.15, -0.1) is 0 Å². The second-order valence-electron chi connectivity index (χ2n) is 6.40. The molecule has 0 bridgehead atoms. The van der Waals surface area contributed by atoms with Crippen LogP contribution < -0.4 is 5.32 Å². The maximum atomic E-state index is 3.57. The molecule has 0 aromatic carbocycles. The summed E-state index contributed by atoms with van der Waals surface area (Å²) in [6.07, 6.45) is 7.05. The third kappa shape index (κ3) is 3.45. The Labute approximate surface area is 107 Å². The van der Waals surface area contributed by atoms with Crippen molar-refractivity contribution in [1.29, 1.82) is 0 Å². The minimum absolute atomic E-state index is 0.802. The van der Waals surface area contributed by atoms with E-state index in [-0.39, 0.29) is 0 Å². The summed E-state index contributed by atoms with van der Waals surface area (Å²) in [4.78, 5) is 2.80. The molecule has 1 N–H and O–H groups in total. The summed E-state index contributed by atoms with van der Waals surface area (Å²) in [6, 6.07) is 1.65. The van der Waals surface area contributed by atoms with Crippen molar-refractivity contribution < 1.29 is 0 Å². The molecule has 0 amide bonds. The Balaban J connectivity index is 1.96. The maximum absolute atomic E-state index is 3.57. The van der Waals surface area contributed by atoms with Crippen molar-refractivity contribution in [2.45, 2.75) is 65.0 Å². The number of rotatable bonds is 3. The SMILES string of the molecule is CCN(C1CCCNC1)C1CC(C)CC(C)C1. The fraction of sp³-hybridized carbons (Fsp3) is 1.00. The Morgan fingerprint density at radius 3 is 2.29 bits per heavy atom. The van der Waals surface area contributed by atoms with Gasteiger partial charge in [-0.3, -0.25) is 4.90 Å². The molecule has 2 fully saturated rings. The van der Waals surface area contributed by atoms with Gasteiger partial charge in [-0.2, -0.15) is 0 Å². The van der Waals surface area contributed by atoms with Gasteiger partial charge < -0.3 is 5.32 Å². The van der Waals surface area contributed by atoms with Crippen LogP contribution in [0.15, 0.2) is 0 Å². The van der Waals surface area contributed by atoms with Gasteiger partial charge in [0.1, 0.15) is 0 Å². The zero-order valence-corrected chi connectivity index (χ0v) is 11.9. The highest BCUT2D eigenvalue weighted by Gasteiger charge is 2.31. The normalized spacial score (nSPS) is 39.5. The molecule has 0 aromatic rings. The minimum atomic E-state index is 0.802. The molecule has 0 spiro atoms. The average Bonchev–Trinajstić information content (AvgIpc) is 2.30. The highest BCUT2D eigenvalue weighted by molar-refractivity contribution is 4.87. The Kier molecular flexibility index (Phi) is 4.87. The number of hydrogen-bond acceptors (Lipinski definition) is 2. The summed E-state index contributed by atoms with van der Waals surface area (Å²) < 4.78 is 0. The summed E-state index contributed by atoms with van der Waals surface area (Å²) in [7, 11) is 0. The Morgan fingerprint density at radius 1 is 1.06 bits per heavy atom. The van der Waals surface area contributed by atoms with Crippen LogP contribution in [-0.2, 0) is 0 Å². The van der Waals surface area contributed by atoms with Gasteiger partial charge in [-0.05, 0) is 57.0 Å². The topological polar surface area (TPSA) is 15.3 Å². The van der Waals surface area contributed by atoms with Crippen LogP contribution in [0.25, 0.3) is 0 Å². The second-order valence-corrected chi connectivity index (χ2v) is 6.40. The standard InChI is InChI=1S/C15H30N2/c1-4-17(14-6-5-7-16-11-14)15-9-12(2)8-13(3)10-15/h12-16H,4-11H2,1-3H3. The zero-order valence-electron chi connectivity index (χ0n) is 11.9. The largest absolute Gasteiger partial charge is 0.315 e. The van der Waals surface area contributed by atoms with E-state index in [1.807, 2.05) is 0 Å². The molecule has 2 nitrogen and oxygen atoms in total. The first-order chi connectivity index (χ1) is 8.20. The quantitative estimate of drug-likeness (QED) is 0.813. The van der Waals surface area contributed by atoms with Crippen molar-refractivity contribution in [3.8, 4) is 0 Å². The lowest BCUT2D eigenvalue weighted by molar-refractivity contribution is 0.0641. The van der Waals surface area contributed by atoms with Crippen molar-refractivity contribution in [2.75, 3.05) is 19.6 Å². The molecule has 1 aliphatic heterocycles. The molecule has 1 saturated heterocycles. The summed E-state index contributed by atoms with van der Waals surface area (Å²) >= 11 is 0. The third-order valence-electron chi connectivity index (χ3n) is 4.73. The van der Waals surface area contributed by atoms with Crippen molar-refractivity contribution >= 4 is 0 Å². The van der Waals surface area contributed by atoms with E-state index >= 15 is 0 Å². The smallest absolute Gasteiger partial charge is 0.0223 e. The van der Waals surface area contributed by atoms with Crippen molar-refractivity contribution in [3.63, 3.8) is 0 Å². The highest BCUT2D eigenvalue weighted by atomic mass is 15.2. The second kappa shape index (κ2) is 6.19. The molecule has 17 heavy (non-hydrogen) atoms. The lowest BCUT2D eigenvalue weighted by Crippen LogP contribution is -2.52. The lowest BCUT2D eigenvalue weighted by atomic mass is 9.79. The Bertz CT molecular complexity index is 213. The summed E-state index contributed by atoms with van der Waals surface area (Å²) in [5, 5.41) is 3.57. The van der Waals surface area contributed by atoms with Crippen LogP contribution >= 0.6 is 0 Å². The fourth-order valence-electron chi connectivity index (χ4n) is 4.11. The van der Waals surface area contributed by atoms with E-state index in [2.05, 4.69) is 31.0 Å². The van der Waals surface area contributed by atoms with Gasteiger partial charge in [0.05, 0.1) is 0 Å². The van der Waals surface area contributed by atoms with E-state index in [4.69, 9.17) is 0 Å². The molecule has 1 saturated carbocycles. The number of likely N-dealkylation sites (N-methyl/N-ethyl adjacent to an activating group) is 1. The molecular formula is C15H30N2.